The zero-order valence-corrected chi connectivity index (χ0v) is 10.3. The summed E-state index contributed by atoms with van der Waals surface area (Å²) in [4.78, 5) is 12.6. The van der Waals surface area contributed by atoms with Crippen LogP contribution in [0.25, 0.3) is 10.1 Å². The number of thiophene rings is 1. The molecule has 5 heteroatoms. The monoisotopic (exact) mass is 260 g/mol. The number of nitrogens with zero attached hydrogens (tertiary/aromatic N) is 1. The summed E-state index contributed by atoms with van der Waals surface area (Å²) >= 11 is 2.89. The standard InChI is InChI=1S/C12H8N2OS2/c15-12(11-2-1-5-16-11)14-9-3-4-10-8(6-9)7-13-17-10/h1-7H,(H,14,15). The zero-order valence-electron chi connectivity index (χ0n) is 8.71. The summed E-state index contributed by atoms with van der Waals surface area (Å²) in [5.74, 6) is -0.0671. The van der Waals surface area contributed by atoms with E-state index in [-0.39, 0.29) is 5.91 Å². The Balaban J connectivity index is 1.87. The zero-order chi connectivity index (χ0) is 11.7. The average Bonchev–Trinajstić information content (AvgIpc) is 2.99. The van der Waals surface area contributed by atoms with Crippen LogP contribution in [0.3, 0.4) is 0 Å². The molecule has 0 atom stereocenters. The van der Waals surface area contributed by atoms with Crippen LogP contribution in [0.4, 0.5) is 5.69 Å². The van der Waals surface area contributed by atoms with Crippen molar-refractivity contribution in [2.45, 2.75) is 0 Å². The van der Waals surface area contributed by atoms with E-state index >= 15 is 0 Å². The summed E-state index contributed by atoms with van der Waals surface area (Å²) in [7, 11) is 0. The average molecular weight is 260 g/mol. The number of carbonyl (C=O) groups excluding carboxylic acids is 1. The van der Waals surface area contributed by atoms with Gasteiger partial charge in [-0.15, -0.1) is 11.3 Å². The maximum Gasteiger partial charge on any atom is 0.265 e. The number of amides is 1. The van der Waals surface area contributed by atoms with Crippen molar-refractivity contribution in [1.82, 2.24) is 4.37 Å². The largest absolute Gasteiger partial charge is 0.321 e. The van der Waals surface area contributed by atoms with Gasteiger partial charge in [-0.25, -0.2) is 0 Å². The van der Waals surface area contributed by atoms with Gasteiger partial charge in [0.05, 0.1) is 9.58 Å². The van der Waals surface area contributed by atoms with E-state index in [0.717, 1.165) is 15.8 Å². The van der Waals surface area contributed by atoms with Gasteiger partial charge < -0.3 is 5.32 Å². The van der Waals surface area contributed by atoms with E-state index in [4.69, 9.17) is 0 Å². The van der Waals surface area contributed by atoms with E-state index in [1.165, 1.54) is 22.9 Å². The van der Waals surface area contributed by atoms with Gasteiger partial charge in [0, 0.05) is 17.3 Å². The molecule has 0 unspecified atom stereocenters. The van der Waals surface area contributed by atoms with Gasteiger partial charge >= 0.3 is 0 Å². The van der Waals surface area contributed by atoms with E-state index < -0.39 is 0 Å². The van der Waals surface area contributed by atoms with E-state index in [2.05, 4.69) is 9.69 Å². The smallest absolute Gasteiger partial charge is 0.265 e. The number of rotatable bonds is 2. The van der Waals surface area contributed by atoms with Crippen molar-refractivity contribution in [2.75, 3.05) is 5.32 Å². The minimum Gasteiger partial charge on any atom is -0.321 e. The normalized spacial score (nSPS) is 10.6. The molecular formula is C12H8N2OS2. The van der Waals surface area contributed by atoms with Crippen LogP contribution in [-0.2, 0) is 0 Å². The molecule has 84 valence electrons. The van der Waals surface area contributed by atoms with Crippen molar-refractivity contribution >= 4 is 44.5 Å². The number of nitrogens with one attached hydrogen (secondary N) is 1. The lowest BCUT2D eigenvalue weighted by Crippen LogP contribution is -2.09. The first kappa shape index (κ1) is 10.4. The van der Waals surface area contributed by atoms with Crippen molar-refractivity contribution in [1.29, 1.82) is 0 Å². The second-order valence-corrected chi connectivity index (χ2v) is 5.29. The molecule has 0 saturated heterocycles. The Labute approximate surface area is 106 Å². The van der Waals surface area contributed by atoms with Gasteiger partial charge in [0.1, 0.15) is 0 Å². The molecule has 3 aromatic rings. The van der Waals surface area contributed by atoms with Gasteiger partial charge in [-0.05, 0) is 41.2 Å². The Kier molecular flexibility index (Phi) is 2.62. The van der Waals surface area contributed by atoms with E-state index in [1.54, 1.807) is 6.20 Å². The predicted octanol–water partition coefficient (Wildman–Crippen LogP) is 3.61. The van der Waals surface area contributed by atoms with Gasteiger partial charge in [-0.1, -0.05) is 6.07 Å². The summed E-state index contributed by atoms with van der Waals surface area (Å²) < 4.78 is 5.23. The quantitative estimate of drug-likeness (QED) is 0.764. The van der Waals surface area contributed by atoms with Crippen molar-refractivity contribution in [3.63, 3.8) is 0 Å². The van der Waals surface area contributed by atoms with Gasteiger partial charge in [-0.2, -0.15) is 4.37 Å². The molecule has 2 aromatic heterocycles. The summed E-state index contributed by atoms with van der Waals surface area (Å²) in [5, 5.41) is 5.82. The highest BCUT2D eigenvalue weighted by molar-refractivity contribution is 7.13. The molecule has 0 fully saturated rings. The molecule has 1 amide bonds. The lowest BCUT2D eigenvalue weighted by Gasteiger charge is -2.03. The number of hydrogen-bond acceptors (Lipinski definition) is 4. The minimum absolute atomic E-state index is 0.0671. The molecular weight excluding hydrogens is 252 g/mol. The van der Waals surface area contributed by atoms with Gasteiger partial charge in [0.2, 0.25) is 0 Å². The van der Waals surface area contributed by atoms with Crippen molar-refractivity contribution in [3.8, 4) is 0 Å². The molecule has 0 spiro atoms. The third-order valence-corrected chi connectivity index (χ3v) is 4.00. The minimum atomic E-state index is -0.0671. The second-order valence-electron chi connectivity index (χ2n) is 3.51. The number of anilines is 1. The van der Waals surface area contributed by atoms with Crippen molar-refractivity contribution in [3.05, 3.63) is 46.8 Å². The third-order valence-electron chi connectivity index (χ3n) is 2.36. The van der Waals surface area contributed by atoms with Crippen LogP contribution in [0, 0.1) is 0 Å². The highest BCUT2D eigenvalue weighted by Gasteiger charge is 2.07. The Morgan fingerprint density at radius 2 is 2.24 bits per heavy atom. The number of aromatic nitrogens is 1. The van der Waals surface area contributed by atoms with Crippen LogP contribution in [0.2, 0.25) is 0 Å². The lowest BCUT2D eigenvalue weighted by molar-refractivity contribution is 0.103. The first-order valence-electron chi connectivity index (χ1n) is 5.02. The second kappa shape index (κ2) is 4.27. The number of benzene rings is 1. The molecule has 0 aliphatic carbocycles. The number of hydrogen-bond donors (Lipinski definition) is 1. The van der Waals surface area contributed by atoms with Crippen LogP contribution in [0.1, 0.15) is 9.67 Å². The van der Waals surface area contributed by atoms with Crippen LogP contribution in [0.5, 0.6) is 0 Å². The Bertz CT molecular complexity index is 658. The van der Waals surface area contributed by atoms with Crippen molar-refractivity contribution in [2.24, 2.45) is 0 Å². The molecule has 2 heterocycles. The molecule has 3 nitrogen and oxygen atoms in total. The first-order chi connectivity index (χ1) is 8.33. The summed E-state index contributed by atoms with van der Waals surface area (Å²) in [6.45, 7) is 0. The lowest BCUT2D eigenvalue weighted by atomic mass is 10.2. The van der Waals surface area contributed by atoms with Crippen LogP contribution in [0.15, 0.2) is 41.9 Å². The first-order valence-corrected chi connectivity index (χ1v) is 6.67. The van der Waals surface area contributed by atoms with E-state index in [9.17, 15) is 4.79 Å². The molecule has 0 bridgehead atoms. The predicted molar refractivity (Wildman–Crippen MR) is 71.9 cm³/mol. The number of carbonyl (C=O) groups is 1. The topological polar surface area (TPSA) is 42.0 Å². The molecule has 3 rings (SSSR count). The molecule has 0 saturated carbocycles. The summed E-state index contributed by atoms with van der Waals surface area (Å²) in [5.41, 5.74) is 0.802. The van der Waals surface area contributed by atoms with E-state index in [0.29, 0.717) is 4.88 Å². The van der Waals surface area contributed by atoms with Crippen LogP contribution < -0.4 is 5.32 Å². The Morgan fingerprint density at radius 3 is 3.06 bits per heavy atom. The molecule has 17 heavy (non-hydrogen) atoms. The Hall–Kier alpha value is -1.72. The molecule has 0 aliphatic rings. The van der Waals surface area contributed by atoms with Gasteiger partial charge in [-0.3, -0.25) is 4.79 Å². The fraction of sp³-hybridized carbons (Fsp3) is 0. The fourth-order valence-corrected chi connectivity index (χ4v) is 2.80. The molecule has 1 aromatic carbocycles. The summed E-state index contributed by atoms with van der Waals surface area (Å²) in [6.07, 6.45) is 1.81. The van der Waals surface area contributed by atoms with Crippen LogP contribution in [-0.4, -0.2) is 10.3 Å². The highest BCUT2D eigenvalue weighted by Crippen LogP contribution is 2.22. The highest BCUT2D eigenvalue weighted by atomic mass is 32.1. The van der Waals surface area contributed by atoms with E-state index in [1.807, 2.05) is 35.7 Å². The Morgan fingerprint density at radius 1 is 1.29 bits per heavy atom. The van der Waals surface area contributed by atoms with Gasteiger partial charge in [0.25, 0.3) is 5.91 Å². The third kappa shape index (κ3) is 2.07. The molecule has 0 aliphatic heterocycles. The fourth-order valence-electron chi connectivity index (χ4n) is 1.55. The van der Waals surface area contributed by atoms with Crippen molar-refractivity contribution < 1.29 is 4.79 Å². The maximum absolute atomic E-state index is 11.8. The maximum atomic E-state index is 11.8. The molecule has 0 radical (unpaired) electrons. The number of fused-ring (bicyclic) bond motifs is 1. The molecule has 1 N–H and O–H groups in total. The van der Waals surface area contributed by atoms with Gasteiger partial charge in [0.15, 0.2) is 0 Å². The SMILES string of the molecule is O=C(Nc1ccc2sncc2c1)c1cccs1. The van der Waals surface area contributed by atoms with Crippen LogP contribution >= 0.6 is 22.9 Å². The summed E-state index contributed by atoms with van der Waals surface area (Å²) in [6, 6.07) is 9.48.